The molecule has 0 amide bonds. The van der Waals surface area contributed by atoms with Crippen molar-refractivity contribution in [3.63, 3.8) is 0 Å². The van der Waals surface area contributed by atoms with Crippen molar-refractivity contribution in [3.8, 4) is 0 Å². The number of rotatable bonds is 7. The lowest BCUT2D eigenvalue weighted by Crippen LogP contribution is -2.30. The largest absolute Gasteiger partial charge is 0.395 e. The molecule has 0 heterocycles. The molecule has 0 fully saturated rings. The summed E-state index contributed by atoms with van der Waals surface area (Å²) in [5, 5.41) is 17.1. The first-order valence-electron chi connectivity index (χ1n) is 3.73. The van der Waals surface area contributed by atoms with Crippen molar-refractivity contribution in [2.45, 2.75) is 6.42 Å². The van der Waals surface area contributed by atoms with Gasteiger partial charge in [0.05, 0.1) is 13.2 Å². The van der Waals surface area contributed by atoms with E-state index < -0.39 is 0 Å². The van der Waals surface area contributed by atoms with Crippen LogP contribution in [0.3, 0.4) is 0 Å². The Hall–Kier alpha value is -0.450. The molecule has 4 nitrogen and oxygen atoms in total. The molecule has 0 atom stereocenters. The molecule has 0 aromatic rings. The molecule has 4 heteroatoms. The quantitative estimate of drug-likeness (QED) is 0.463. The summed E-state index contributed by atoms with van der Waals surface area (Å²) in [6.45, 7) is 1.80. The third-order valence-electron chi connectivity index (χ3n) is 1.40. The molecule has 66 valence electrons. The number of aliphatic hydroxyl groups is 2. The zero-order valence-electron chi connectivity index (χ0n) is 6.57. The topological polar surface area (TPSA) is 60.8 Å². The highest BCUT2D eigenvalue weighted by atomic mass is 16.3. The van der Waals surface area contributed by atoms with Gasteiger partial charge < -0.3 is 15.0 Å². The maximum atomic E-state index is 9.97. The van der Waals surface area contributed by atoms with Crippen LogP contribution in [0.15, 0.2) is 0 Å². The van der Waals surface area contributed by atoms with E-state index in [1.54, 1.807) is 0 Å². The Balaban J connectivity index is 3.41. The van der Waals surface area contributed by atoms with Crippen LogP contribution in [0.2, 0.25) is 0 Å². The average molecular weight is 161 g/mol. The van der Waals surface area contributed by atoms with E-state index in [4.69, 9.17) is 10.2 Å². The summed E-state index contributed by atoms with van der Waals surface area (Å²) in [5.41, 5.74) is 0. The summed E-state index contributed by atoms with van der Waals surface area (Å²) in [6.07, 6.45) is 1.29. The van der Waals surface area contributed by atoms with Crippen LogP contribution in [0.5, 0.6) is 0 Å². The zero-order chi connectivity index (χ0) is 8.53. The van der Waals surface area contributed by atoms with Gasteiger partial charge in [0.25, 0.3) is 0 Å². The fraction of sp³-hybridized carbons (Fsp3) is 0.857. The standard InChI is InChI=1S/C7H15NO3/c9-5-1-2-8(3-6-10)4-7-11/h5,10-11H,1-4,6-7H2. The van der Waals surface area contributed by atoms with Crippen molar-refractivity contribution in [2.24, 2.45) is 0 Å². The van der Waals surface area contributed by atoms with Gasteiger partial charge in [-0.25, -0.2) is 0 Å². The van der Waals surface area contributed by atoms with Gasteiger partial charge in [-0.05, 0) is 0 Å². The van der Waals surface area contributed by atoms with Gasteiger partial charge >= 0.3 is 0 Å². The van der Waals surface area contributed by atoms with E-state index >= 15 is 0 Å². The third-order valence-corrected chi connectivity index (χ3v) is 1.40. The number of aliphatic hydroxyl groups excluding tert-OH is 2. The van der Waals surface area contributed by atoms with Crippen LogP contribution in [-0.2, 0) is 4.79 Å². The summed E-state index contributed by atoms with van der Waals surface area (Å²) < 4.78 is 0. The smallest absolute Gasteiger partial charge is 0.121 e. The van der Waals surface area contributed by atoms with Crippen molar-refractivity contribution in [2.75, 3.05) is 32.8 Å². The lowest BCUT2D eigenvalue weighted by atomic mass is 10.4. The van der Waals surface area contributed by atoms with Gasteiger partial charge in [0.1, 0.15) is 6.29 Å². The predicted molar refractivity (Wildman–Crippen MR) is 41.3 cm³/mol. The van der Waals surface area contributed by atoms with Gasteiger partial charge in [-0.1, -0.05) is 0 Å². The van der Waals surface area contributed by atoms with Crippen molar-refractivity contribution in [1.29, 1.82) is 0 Å². The first-order valence-corrected chi connectivity index (χ1v) is 3.73. The number of aldehydes is 1. The highest BCUT2D eigenvalue weighted by Crippen LogP contribution is 1.87. The summed E-state index contributed by atoms with van der Waals surface area (Å²) in [6, 6.07) is 0. The van der Waals surface area contributed by atoms with Crippen LogP contribution in [-0.4, -0.2) is 54.2 Å². The summed E-state index contributed by atoms with van der Waals surface area (Å²) >= 11 is 0. The second kappa shape index (κ2) is 7.65. The molecule has 0 saturated carbocycles. The second-order valence-corrected chi connectivity index (χ2v) is 2.24. The van der Waals surface area contributed by atoms with Crippen molar-refractivity contribution < 1.29 is 15.0 Å². The Kier molecular flexibility index (Phi) is 7.34. The van der Waals surface area contributed by atoms with Gasteiger partial charge in [-0.2, -0.15) is 0 Å². The van der Waals surface area contributed by atoms with Crippen LogP contribution < -0.4 is 0 Å². The Morgan fingerprint density at radius 1 is 1.09 bits per heavy atom. The Labute approximate surface area is 66.4 Å². The van der Waals surface area contributed by atoms with Crippen molar-refractivity contribution >= 4 is 6.29 Å². The maximum Gasteiger partial charge on any atom is 0.121 e. The van der Waals surface area contributed by atoms with Gasteiger partial charge in [-0.3, -0.25) is 4.90 Å². The molecule has 0 rings (SSSR count). The maximum absolute atomic E-state index is 9.97. The Morgan fingerprint density at radius 2 is 1.64 bits per heavy atom. The molecule has 0 unspecified atom stereocenters. The Bertz CT molecular complexity index is 91.7. The predicted octanol–water partition coefficient (Wildman–Crippen LogP) is -1.14. The molecule has 0 spiro atoms. The molecule has 0 bridgehead atoms. The number of hydrogen-bond acceptors (Lipinski definition) is 4. The van der Waals surface area contributed by atoms with Crippen LogP contribution in [0, 0.1) is 0 Å². The monoisotopic (exact) mass is 161 g/mol. The Morgan fingerprint density at radius 3 is 2.00 bits per heavy atom. The second-order valence-electron chi connectivity index (χ2n) is 2.24. The molecule has 0 aliphatic heterocycles. The average Bonchev–Trinajstić information content (AvgIpc) is 2.01. The molecule has 11 heavy (non-hydrogen) atoms. The number of carbonyl (C=O) groups is 1. The SMILES string of the molecule is O=CCCN(CCO)CCO. The van der Waals surface area contributed by atoms with Crippen molar-refractivity contribution in [3.05, 3.63) is 0 Å². The van der Waals surface area contributed by atoms with Gasteiger partial charge in [0.2, 0.25) is 0 Å². The lowest BCUT2D eigenvalue weighted by molar-refractivity contribution is -0.108. The molecule has 0 saturated heterocycles. The van der Waals surface area contributed by atoms with Crippen molar-refractivity contribution in [1.82, 2.24) is 4.90 Å². The lowest BCUT2D eigenvalue weighted by Gasteiger charge is -2.18. The highest BCUT2D eigenvalue weighted by Gasteiger charge is 2.01. The summed E-state index contributed by atoms with van der Waals surface area (Å²) in [4.78, 5) is 11.8. The molecule has 0 aliphatic carbocycles. The molecular weight excluding hydrogens is 146 g/mol. The van der Waals surface area contributed by atoms with Crippen LogP contribution in [0.1, 0.15) is 6.42 Å². The minimum atomic E-state index is 0.0683. The normalized spacial score (nSPS) is 10.5. The molecule has 2 N–H and O–H groups in total. The number of carbonyl (C=O) groups excluding carboxylic acids is 1. The molecule has 0 aliphatic rings. The van der Waals surface area contributed by atoms with Gasteiger partial charge in [0, 0.05) is 26.1 Å². The number of nitrogens with zero attached hydrogens (tertiary/aromatic N) is 1. The van der Waals surface area contributed by atoms with Crippen LogP contribution >= 0.6 is 0 Å². The number of hydrogen-bond donors (Lipinski definition) is 2. The zero-order valence-corrected chi connectivity index (χ0v) is 6.57. The van der Waals surface area contributed by atoms with E-state index in [1.165, 1.54) is 0 Å². The van der Waals surface area contributed by atoms with E-state index in [9.17, 15) is 4.79 Å². The van der Waals surface area contributed by atoms with Crippen LogP contribution in [0.4, 0.5) is 0 Å². The molecule has 0 radical (unpaired) electrons. The first-order chi connectivity index (χ1) is 5.35. The third kappa shape index (κ3) is 5.97. The van der Waals surface area contributed by atoms with E-state index in [-0.39, 0.29) is 13.2 Å². The van der Waals surface area contributed by atoms with Gasteiger partial charge in [-0.15, -0.1) is 0 Å². The highest BCUT2D eigenvalue weighted by molar-refractivity contribution is 5.49. The van der Waals surface area contributed by atoms with E-state index in [1.807, 2.05) is 4.90 Å². The van der Waals surface area contributed by atoms with Crippen LogP contribution in [0.25, 0.3) is 0 Å². The van der Waals surface area contributed by atoms with E-state index in [0.717, 1.165) is 6.29 Å². The van der Waals surface area contributed by atoms with Gasteiger partial charge in [0.15, 0.2) is 0 Å². The molecule has 0 aromatic heterocycles. The minimum Gasteiger partial charge on any atom is -0.395 e. The summed E-state index contributed by atoms with van der Waals surface area (Å²) in [7, 11) is 0. The molecular formula is C7H15NO3. The summed E-state index contributed by atoms with van der Waals surface area (Å²) in [5.74, 6) is 0. The first kappa shape index (κ1) is 10.6. The minimum absolute atomic E-state index is 0.0683. The fourth-order valence-electron chi connectivity index (χ4n) is 0.854. The van der Waals surface area contributed by atoms with E-state index in [0.29, 0.717) is 26.1 Å². The fourth-order valence-corrected chi connectivity index (χ4v) is 0.854. The molecule has 0 aromatic carbocycles. The van der Waals surface area contributed by atoms with E-state index in [2.05, 4.69) is 0 Å².